The van der Waals surface area contributed by atoms with Crippen LogP contribution in [0, 0.1) is 11.3 Å². The second-order valence-electron chi connectivity index (χ2n) is 3.48. The van der Waals surface area contributed by atoms with Gasteiger partial charge in [0.05, 0.1) is 23.5 Å². The molecule has 0 bridgehead atoms. The number of nitrogens with zero attached hydrogens (tertiary/aromatic N) is 2. The summed E-state index contributed by atoms with van der Waals surface area (Å²) < 4.78 is 0.957. The smallest absolute Gasteiger partial charge is 0.101 e. The van der Waals surface area contributed by atoms with Gasteiger partial charge in [-0.25, -0.2) is 0 Å². The second kappa shape index (κ2) is 5.46. The molecule has 0 aliphatic heterocycles. The molecule has 1 aromatic heterocycles. The standard InChI is InChI=1S/C13H10BrN3/c14-11-5-6-12(16-8-11)9-17-13-4-2-1-3-10(13)7-15/h1-6,8,17H,9H2. The molecule has 0 atom stereocenters. The van der Waals surface area contributed by atoms with Crippen molar-refractivity contribution in [3.05, 3.63) is 58.3 Å². The Hall–Kier alpha value is -1.86. The third-order valence-corrected chi connectivity index (χ3v) is 2.77. The minimum atomic E-state index is 0.603. The van der Waals surface area contributed by atoms with E-state index in [9.17, 15) is 0 Å². The summed E-state index contributed by atoms with van der Waals surface area (Å²) >= 11 is 3.34. The minimum absolute atomic E-state index is 0.603. The second-order valence-corrected chi connectivity index (χ2v) is 4.39. The maximum Gasteiger partial charge on any atom is 0.101 e. The molecule has 2 aromatic rings. The molecule has 3 nitrogen and oxygen atoms in total. The monoisotopic (exact) mass is 287 g/mol. The van der Waals surface area contributed by atoms with Crippen LogP contribution in [0.4, 0.5) is 5.69 Å². The molecule has 0 spiro atoms. The highest BCUT2D eigenvalue weighted by Gasteiger charge is 2.00. The van der Waals surface area contributed by atoms with Crippen LogP contribution < -0.4 is 5.32 Å². The first kappa shape index (κ1) is 11.6. The number of anilines is 1. The van der Waals surface area contributed by atoms with E-state index in [-0.39, 0.29) is 0 Å². The van der Waals surface area contributed by atoms with E-state index in [1.54, 1.807) is 12.3 Å². The van der Waals surface area contributed by atoms with E-state index < -0.39 is 0 Å². The van der Waals surface area contributed by atoms with Crippen molar-refractivity contribution in [2.45, 2.75) is 6.54 Å². The van der Waals surface area contributed by atoms with Crippen LogP contribution in [0.3, 0.4) is 0 Å². The normalized spacial score (nSPS) is 9.65. The molecule has 0 unspecified atom stereocenters. The fourth-order valence-electron chi connectivity index (χ4n) is 1.43. The summed E-state index contributed by atoms with van der Waals surface area (Å²) in [4.78, 5) is 4.26. The van der Waals surface area contributed by atoms with Gasteiger partial charge in [-0.05, 0) is 40.2 Å². The third kappa shape index (κ3) is 3.05. The largest absolute Gasteiger partial charge is 0.378 e. The first-order chi connectivity index (χ1) is 8.29. The van der Waals surface area contributed by atoms with E-state index in [0.717, 1.165) is 15.9 Å². The molecule has 0 aliphatic carbocycles. The summed E-state index contributed by atoms with van der Waals surface area (Å²) in [5.74, 6) is 0. The Morgan fingerprint density at radius 3 is 2.76 bits per heavy atom. The average Bonchev–Trinajstić information content (AvgIpc) is 2.38. The number of benzene rings is 1. The molecule has 0 radical (unpaired) electrons. The fraction of sp³-hybridized carbons (Fsp3) is 0.0769. The van der Waals surface area contributed by atoms with Gasteiger partial charge in [0.25, 0.3) is 0 Å². The fourth-order valence-corrected chi connectivity index (χ4v) is 1.67. The van der Waals surface area contributed by atoms with Gasteiger partial charge in [-0.3, -0.25) is 4.98 Å². The lowest BCUT2D eigenvalue weighted by Crippen LogP contribution is -2.02. The maximum atomic E-state index is 8.94. The van der Waals surface area contributed by atoms with E-state index >= 15 is 0 Å². The molecule has 0 saturated heterocycles. The number of aromatic nitrogens is 1. The van der Waals surface area contributed by atoms with Crippen LogP contribution in [0.25, 0.3) is 0 Å². The first-order valence-electron chi connectivity index (χ1n) is 5.13. The molecule has 2 rings (SSSR count). The molecular weight excluding hydrogens is 278 g/mol. The minimum Gasteiger partial charge on any atom is -0.378 e. The molecule has 1 aromatic carbocycles. The number of nitriles is 1. The van der Waals surface area contributed by atoms with Crippen LogP contribution in [0.1, 0.15) is 11.3 Å². The first-order valence-corrected chi connectivity index (χ1v) is 5.92. The lowest BCUT2D eigenvalue weighted by Gasteiger charge is -2.07. The highest BCUT2D eigenvalue weighted by atomic mass is 79.9. The van der Waals surface area contributed by atoms with Crippen molar-refractivity contribution in [1.29, 1.82) is 5.26 Å². The molecule has 1 heterocycles. The number of hydrogen-bond donors (Lipinski definition) is 1. The zero-order valence-corrected chi connectivity index (χ0v) is 10.6. The molecule has 0 saturated carbocycles. The molecule has 0 fully saturated rings. The van der Waals surface area contributed by atoms with Gasteiger partial charge >= 0.3 is 0 Å². The molecule has 84 valence electrons. The molecular formula is C13H10BrN3. The van der Waals surface area contributed by atoms with E-state index in [1.807, 2.05) is 30.3 Å². The quantitative estimate of drug-likeness (QED) is 0.942. The van der Waals surface area contributed by atoms with Gasteiger partial charge in [-0.1, -0.05) is 12.1 Å². The summed E-state index contributed by atoms with van der Waals surface area (Å²) in [7, 11) is 0. The van der Waals surface area contributed by atoms with Crippen molar-refractivity contribution >= 4 is 21.6 Å². The van der Waals surface area contributed by atoms with E-state index in [4.69, 9.17) is 5.26 Å². The van der Waals surface area contributed by atoms with Crippen LogP contribution in [-0.2, 0) is 6.54 Å². The van der Waals surface area contributed by atoms with E-state index in [1.165, 1.54) is 0 Å². The molecule has 1 N–H and O–H groups in total. The molecule has 0 aliphatic rings. The summed E-state index contributed by atoms with van der Waals surface area (Å²) in [6.45, 7) is 0.603. The highest BCUT2D eigenvalue weighted by molar-refractivity contribution is 9.10. The zero-order valence-electron chi connectivity index (χ0n) is 9.02. The Morgan fingerprint density at radius 2 is 2.06 bits per heavy atom. The SMILES string of the molecule is N#Cc1ccccc1NCc1ccc(Br)cn1. The van der Waals surface area contributed by atoms with Crippen LogP contribution >= 0.6 is 15.9 Å². The van der Waals surface area contributed by atoms with Crippen molar-refractivity contribution in [2.24, 2.45) is 0 Å². The van der Waals surface area contributed by atoms with Crippen molar-refractivity contribution in [3.63, 3.8) is 0 Å². The predicted molar refractivity (Wildman–Crippen MR) is 70.4 cm³/mol. The summed E-state index contributed by atoms with van der Waals surface area (Å²) in [5, 5.41) is 12.1. The van der Waals surface area contributed by atoms with Crippen molar-refractivity contribution < 1.29 is 0 Å². The van der Waals surface area contributed by atoms with Gasteiger partial charge in [0.1, 0.15) is 6.07 Å². The Balaban J connectivity index is 2.08. The molecule has 17 heavy (non-hydrogen) atoms. The Kier molecular flexibility index (Phi) is 3.73. The van der Waals surface area contributed by atoms with Crippen molar-refractivity contribution in [2.75, 3.05) is 5.32 Å². The van der Waals surface area contributed by atoms with Crippen LogP contribution in [0.15, 0.2) is 47.1 Å². The van der Waals surface area contributed by atoms with E-state index in [0.29, 0.717) is 12.1 Å². The maximum absolute atomic E-state index is 8.94. The number of para-hydroxylation sites is 1. The average molecular weight is 288 g/mol. The topological polar surface area (TPSA) is 48.7 Å². The van der Waals surface area contributed by atoms with Crippen LogP contribution in [-0.4, -0.2) is 4.98 Å². The van der Waals surface area contributed by atoms with E-state index in [2.05, 4.69) is 32.3 Å². The summed E-state index contributed by atoms with van der Waals surface area (Å²) in [5.41, 5.74) is 2.41. The number of nitrogens with one attached hydrogen (secondary N) is 1. The van der Waals surface area contributed by atoms with Gasteiger partial charge in [0, 0.05) is 10.7 Å². The van der Waals surface area contributed by atoms with Crippen molar-refractivity contribution in [3.8, 4) is 6.07 Å². The van der Waals surface area contributed by atoms with Crippen molar-refractivity contribution in [1.82, 2.24) is 4.98 Å². The molecule has 0 amide bonds. The predicted octanol–water partition coefficient (Wildman–Crippen LogP) is 3.33. The highest BCUT2D eigenvalue weighted by Crippen LogP contribution is 2.15. The van der Waals surface area contributed by atoms with Gasteiger partial charge in [-0.2, -0.15) is 5.26 Å². The zero-order chi connectivity index (χ0) is 12.1. The number of hydrogen-bond acceptors (Lipinski definition) is 3. The number of pyridine rings is 1. The third-order valence-electron chi connectivity index (χ3n) is 2.30. The van der Waals surface area contributed by atoms with Crippen LogP contribution in [0.5, 0.6) is 0 Å². The Labute approximate surface area is 108 Å². The number of rotatable bonds is 3. The van der Waals surface area contributed by atoms with Gasteiger partial charge < -0.3 is 5.32 Å². The Morgan fingerprint density at radius 1 is 1.24 bits per heavy atom. The van der Waals surface area contributed by atoms with Crippen LogP contribution in [0.2, 0.25) is 0 Å². The number of halogens is 1. The summed E-state index contributed by atoms with van der Waals surface area (Å²) in [6.07, 6.45) is 1.76. The Bertz CT molecular complexity index is 543. The van der Waals surface area contributed by atoms with Gasteiger partial charge in [0.2, 0.25) is 0 Å². The molecule has 4 heteroatoms. The summed E-state index contributed by atoms with van der Waals surface area (Å²) in [6, 6.07) is 13.5. The van der Waals surface area contributed by atoms with Gasteiger partial charge in [0.15, 0.2) is 0 Å². The lowest BCUT2D eigenvalue weighted by atomic mass is 10.2. The lowest BCUT2D eigenvalue weighted by molar-refractivity contribution is 1.04. The van der Waals surface area contributed by atoms with Gasteiger partial charge in [-0.15, -0.1) is 0 Å².